The Balaban J connectivity index is 3.81. The minimum absolute atomic E-state index is 0.0715. The first-order valence-corrected chi connectivity index (χ1v) is 5.95. The molecule has 0 fully saturated rings. The van der Waals surface area contributed by atoms with Crippen molar-refractivity contribution in [2.45, 2.75) is 52.7 Å². The van der Waals surface area contributed by atoms with Gasteiger partial charge in [-0.15, -0.1) is 0 Å². The summed E-state index contributed by atoms with van der Waals surface area (Å²) in [6.07, 6.45) is 0.685. The number of carbonyl (C=O) groups is 1. The summed E-state index contributed by atoms with van der Waals surface area (Å²) in [5.74, 6) is 0.346. The smallest absolute Gasteiger partial charge is 0.234 e. The average Bonchev–Trinajstić information content (AvgIpc) is 2.09. The van der Waals surface area contributed by atoms with Gasteiger partial charge in [0.15, 0.2) is 0 Å². The number of rotatable bonds is 7. The lowest BCUT2D eigenvalue weighted by atomic mass is 9.94. The Kier molecular flexibility index (Phi) is 6.60. The van der Waals surface area contributed by atoms with Gasteiger partial charge >= 0.3 is 0 Å². The topological polar surface area (TPSA) is 61.4 Å². The fourth-order valence-electron chi connectivity index (χ4n) is 1.60. The highest BCUT2D eigenvalue weighted by atomic mass is 16.3. The van der Waals surface area contributed by atoms with E-state index in [9.17, 15) is 9.90 Å². The molecule has 0 saturated carbocycles. The number of carbonyl (C=O) groups excluding carboxylic acids is 1. The van der Waals surface area contributed by atoms with E-state index < -0.39 is 5.60 Å². The molecule has 0 aliphatic heterocycles. The Hall–Kier alpha value is -0.610. The van der Waals surface area contributed by atoms with Crippen LogP contribution in [0.1, 0.15) is 41.0 Å². The van der Waals surface area contributed by atoms with Gasteiger partial charge < -0.3 is 15.7 Å². The molecule has 1 amide bonds. The number of hydrogen-bond donors (Lipinski definition) is 3. The fourth-order valence-corrected chi connectivity index (χ4v) is 1.60. The molecule has 1 unspecified atom stereocenters. The van der Waals surface area contributed by atoms with E-state index in [4.69, 9.17) is 0 Å². The maximum atomic E-state index is 11.4. The largest absolute Gasteiger partial charge is 0.388 e. The fraction of sp³-hybridized carbons (Fsp3) is 0.917. The summed E-state index contributed by atoms with van der Waals surface area (Å²) < 4.78 is 0. The van der Waals surface area contributed by atoms with Crippen molar-refractivity contribution in [2.24, 2.45) is 5.92 Å². The van der Waals surface area contributed by atoms with Crippen LogP contribution in [-0.2, 0) is 4.79 Å². The minimum Gasteiger partial charge on any atom is -0.388 e. The Morgan fingerprint density at radius 1 is 1.31 bits per heavy atom. The Labute approximate surface area is 98.8 Å². The predicted molar refractivity (Wildman–Crippen MR) is 66.2 cm³/mol. The van der Waals surface area contributed by atoms with E-state index in [0.29, 0.717) is 31.5 Å². The molecule has 0 rings (SSSR count). The van der Waals surface area contributed by atoms with E-state index in [1.54, 1.807) is 6.92 Å². The summed E-state index contributed by atoms with van der Waals surface area (Å²) >= 11 is 0. The normalized spacial score (nSPS) is 15.2. The van der Waals surface area contributed by atoms with Gasteiger partial charge in [-0.1, -0.05) is 27.7 Å². The molecule has 0 saturated heterocycles. The van der Waals surface area contributed by atoms with Crippen LogP contribution in [0.4, 0.5) is 0 Å². The lowest BCUT2D eigenvalue weighted by molar-refractivity contribution is -0.121. The van der Waals surface area contributed by atoms with Crippen LogP contribution < -0.4 is 10.6 Å². The standard InChI is InChI=1S/C12H26N2O2/c1-9(2)6-12(5,16)8-14-11(15)7-13-10(3)4/h9-10,13,16H,6-8H2,1-5H3,(H,14,15). The highest BCUT2D eigenvalue weighted by Crippen LogP contribution is 2.14. The zero-order chi connectivity index (χ0) is 12.8. The molecule has 4 nitrogen and oxygen atoms in total. The number of hydrogen-bond acceptors (Lipinski definition) is 3. The lowest BCUT2D eigenvalue weighted by Crippen LogP contribution is -2.45. The van der Waals surface area contributed by atoms with Gasteiger partial charge in [-0.25, -0.2) is 0 Å². The quantitative estimate of drug-likeness (QED) is 0.609. The van der Waals surface area contributed by atoms with Gasteiger partial charge in [-0.2, -0.15) is 0 Å². The van der Waals surface area contributed by atoms with Crippen molar-refractivity contribution in [3.8, 4) is 0 Å². The van der Waals surface area contributed by atoms with Crippen LogP contribution in [0.25, 0.3) is 0 Å². The molecule has 0 aromatic heterocycles. The first-order valence-electron chi connectivity index (χ1n) is 5.95. The molecule has 0 spiro atoms. The van der Waals surface area contributed by atoms with E-state index in [1.807, 2.05) is 13.8 Å². The maximum Gasteiger partial charge on any atom is 0.234 e. The summed E-state index contributed by atoms with van der Waals surface area (Å²) in [5.41, 5.74) is -0.818. The minimum atomic E-state index is -0.818. The summed E-state index contributed by atoms with van der Waals surface area (Å²) in [4.78, 5) is 11.4. The van der Waals surface area contributed by atoms with E-state index in [1.165, 1.54) is 0 Å². The molecule has 16 heavy (non-hydrogen) atoms. The van der Waals surface area contributed by atoms with Crippen LogP contribution in [0.15, 0.2) is 0 Å². The van der Waals surface area contributed by atoms with E-state index in [2.05, 4.69) is 24.5 Å². The second kappa shape index (κ2) is 6.86. The predicted octanol–water partition coefficient (Wildman–Crippen LogP) is 0.898. The average molecular weight is 230 g/mol. The third-order valence-electron chi connectivity index (χ3n) is 2.19. The molecule has 3 N–H and O–H groups in total. The second-order valence-corrected chi connectivity index (χ2v) is 5.41. The molecular weight excluding hydrogens is 204 g/mol. The van der Waals surface area contributed by atoms with Crippen LogP contribution in [0.5, 0.6) is 0 Å². The Morgan fingerprint density at radius 2 is 1.88 bits per heavy atom. The molecule has 0 bridgehead atoms. The first-order chi connectivity index (χ1) is 7.23. The lowest BCUT2D eigenvalue weighted by Gasteiger charge is -2.25. The molecule has 1 atom stereocenters. The van der Waals surface area contributed by atoms with Crippen molar-refractivity contribution in [3.63, 3.8) is 0 Å². The zero-order valence-corrected chi connectivity index (χ0v) is 11.1. The van der Waals surface area contributed by atoms with Gasteiger partial charge in [0.2, 0.25) is 5.91 Å². The van der Waals surface area contributed by atoms with Crippen molar-refractivity contribution in [1.82, 2.24) is 10.6 Å². The van der Waals surface area contributed by atoms with Crippen LogP contribution in [0.2, 0.25) is 0 Å². The number of amides is 1. The number of aliphatic hydroxyl groups is 1. The summed E-state index contributed by atoms with van der Waals surface area (Å²) in [6.45, 7) is 10.4. The van der Waals surface area contributed by atoms with Gasteiger partial charge in [0.1, 0.15) is 0 Å². The van der Waals surface area contributed by atoms with Crippen molar-refractivity contribution >= 4 is 5.91 Å². The van der Waals surface area contributed by atoms with Gasteiger partial charge in [0.05, 0.1) is 12.1 Å². The highest BCUT2D eigenvalue weighted by Gasteiger charge is 2.22. The van der Waals surface area contributed by atoms with E-state index in [-0.39, 0.29) is 5.91 Å². The van der Waals surface area contributed by atoms with E-state index in [0.717, 1.165) is 0 Å². The second-order valence-electron chi connectivity index (χ2n) is 5.41. The Bertz CT molecular complexity index is 213. The van der Waals surface area contributed by atoms with Crippen LogP contribution in [0.3, 0.4) is 0 Å². The highest BCUT2D eigenvalue weighted by molar-refractivity contribution is 5.78. The first kappa shape index (κ1) is 15.4. The number of nitrogens with one attached hydrogen (secondary N) is 2. The molecular formula is C12H26N2O2. The zero-order valence-electron chi connectivity index (χ0n) is 11.1. The van der Waals surface area contributed by atoms with E-state index >= 15 is 0 Å². The summed E-state index contributed by atoms with van der Waals surface area (Å²) in [5, 5.41) is 15.7. The van der Waals surface area contributed by atoms with Gasteiger partial charge in [0, 0.05) is 12.6 Å². The third kappa shape index (κ3) is 8.68. The molecule has 4 heteroatoms. The SMILES string of the molecule is CC(C)CC(C)(O)CNC(=O)CNC(C)C. The van der Waals surface area contributed by atoms with Gasteiger partial charge in [0.25, 0.3) is 0 Å². The van der Waals surface area contributed by atoms with Crippen molar-refractivity contribution in [2.75, 3.05) is 13.1 Å². The van der Waals surface area contributed by atoms with Gasteiger partial charge in [-0.3, -0.25) is 4.79 Å². The Morgan fingerprint density at radius 3 is 2.31 bits per heavy atom. The van der Waals surface area contributed by atoms with Crippen molar-refractivity contribution in [1.29, 1.82) is 0 Å². The molecule has 0 aromatic carbocycles. The van der Waals surface area contributed by atoms with Crippen LogP contribution in [0, 0.1) is 5.92 Å². The van der Waals surface area contributed by atoms with Gasteiger partial charge in [-0.05, 0) is 19.3 Å². The summed E-state index contributed by atoms with van der Waals surface area (Å²) in [6, 6.07) is 0.293. The molecule has 96 valence electrons. The summed E-state index contributed by atoms with van der Waals surface area (Å²) in [7, 11) is 0. The van der Waals surface area contributed by atoms with Crippen LogP contribution in [-0.4, -0.2) is 35.7 Å². The molecule has 0 aliphatic rings. The molecule has 0 radical (unpaired) electrons. The van der Waals surface area contributed by atoms with Crippen molar-refractivity contribution < 1.29 is 9.90 Å². The molecule has 0 heterocycles. The van der Waals surface area contributed by atoms with Crippen molar-refractivity contribution in [3.05, 3.63) is 0 Å². The molecule has 0 aromatic rings. The van der Waals surface area contributed by atoms with Crippen LogP contribution >= 0.6 is 0 Å². The maximum absolute atomic E-state index is 11.4. The molecule has 0 aliphatic carbocycles. The third-order valence-corrected chi connectivity index (χ3v) is 2.19. The monoisotopic (exact) mass is 230 g/mol.